The lowest BCUT2D eigenvalue weighted by molar-refractivity contribution is -0.136. The van der Waals surface area contributed by atoms with Crippen LogP contribution in [0, 0.1) is 23.6 Å². The number of benzene rings is 1. The minimum atomic E-state index is -1.01. The van der Waals surface area contributed by atoms with Crippen LogP contribution in [-0.2, 0) is 14.4 Å². The molecule has 0 radical (unpaired) electrons. The lowest BCUT2D eigenvalue weighted by atomic mass is 9.88. The van der Waals surface area contributed by atoms with Crippen LogP contribution >= 0.6 is 0 Å². The molecule has 1 saturated heterocycles. The highest BCUT2D eigenvalue weighted by Crippen LogP contribution is 2.51. The second-order valence-electron chi connectivity index (χ2n) is 14.1. The van der Waals surface area contributed by atoms with Gasteiger partial charge in [0, 0.05) is 37.5 Å². The molecule has 4 atom stereocenters. The fraction of sp³-hybridized carbons (Fsp3) is 0.647. The number of piperazine rings is 1. The zero-order valence-corrected chi connectivity index (χ0v) is 28.5. The van der Waals surface area contributed by atoms with Gasteiger partial charge in [-0.15, -0.1) is 0 Å². The lowest BCUT2D eigenvalue weighted by Gasteiger charge is -2.40. The molecule has 1 aromatic heterocycles. The first-order valence-corrected chi connectivity index (χ1v) is 17.5. The molecule has 266 valence electrons. The van der Waals surface area contributed by atoms with Gasteiger partial charge < -0.3 is 25.8 Å². The number of urea groups is 1. The summed E-state index contributed by atoms with van der Waals surface area (Å²) in [5.41, 5.74) is 3.27. The molecule has 0 spiro atoms. The predicted molar refractivity (Wildman–Crippen MR) is 176 cm³/mol. The summed E-state index contributed by atoms with van der Waals surface area (Å²) in [7, 11) is 2.00. The van der Waals surface area contributed by atoms with E-state index in [2.05, 4.69) is 36.6 Å². The van der Waals surface area contributed by atoms with Gasteiger partial charge in [0.15, 0.2) is 5.69 Å². The molecule has 5 amide bonds. The first-order valence-electron chi connectivity index (χ1n) is 17.5. The number of hydrogen-bond donors (Lipinski definition) is 4. The van der Waals surface area contributed by atoms with Crippen LogP contribution in [0.3, 0.4) is 0 Å². The first-order chi connectivity index (χ1) is 23.5. The summed E-state index contributed by atoms with van der Waals surface area (Å²) in [4.78, 5) is 62.6. The van der Waals surface area contributed by atoms with Gasteiger partial charge in [-0.25, -0.2) is 19.3 Å². The van der Waals surface area contributed by atoms with Crippen LogP contribution in [0.15, 0.2) is 22.8 Å². The average Bonchev–Trinajstić information content (AvgIpc) is 3.96. The van der Waals surface area contributed by atoms with Crippen molar-refractivity contribution < 1.29 is 33.0 Å². The Morgan fingerprint density at radius 1 is 1.02 bits per heavy atom. The Morgan fingerprint density at radius 3 is 2.35 bits per heavy atom. The van der Waals surface area contributed by atoms with Crippen LogP contribution in [0.1, 0.15) is 92.9 Å². The standard InChI is InChI=1S/C34H47FN8O6/c1-5-48-41-34(47)38-27(33(46)43-15-14-42(4)18(2)17-43)19(3)23-12-13-25(24(35)16-23)36-31(44)29(26(20-6-7-20)21-8-9-21)37-32(45)30-28(22-10-11-22)39-49-40-30/h12-13,16,18-22,26-27,29H,5-11,14-15,17H2,1-4H3,(H,36,44)(H,37,45)(H2,38,41,47)/t18-,19+,27-,29+/m1/s1. The van der Waals surface area contributed by atoms with E-state index in [1.54, 1.807) is 24.8 Å². The highest BCUT2D eigenvalue weighted by molar-refractivity contribution is 6.01. The monoisotopic (exact) mass is 682 g/mol. The van der Waals surface area contributed by atoms with E-state index in [9.17, 15) is 19.2 Å². The highest BCUT2D eigenvalue weighted by Gasteiger charge is 2.49. The Morgan fingerprint density at radius 2 is 1.73 bits per heavy atom. The maximum atomic E-state index is 15.8. The summed E-state index contributed by atoms with van der Waals surface area (Å²) in [5.74, 6) is -1.98. The largest absolute Gasteiger partial charge is 0.339 e. The fourth-order valence-electron chi connectivity index (χ4n) is 6.89. The number of amides is 5. The molecule has 4 N–H and O–H groups in total. The van der Waals surface area contributed by atoms with E-state index in [0.29, 0.717) is 42.7 Å². The Kier molecular flexibility index (Phi) is 10.5. The highest BCUT2D eigenvalue weighted by atomic mass is 19.1. The molecule has 1 aromatic carbocycles. The summed E-state index contributed by atoms with van der Waals surface area (Å²) in [6, 6.07) is 1.90. The molecule has 1 aliphatic heterocycles. The van der Waals surface area contributed by atoms with Crippen molar-refractivity contribution in [2.45, 2.75) is 89.3 Å². The number of rotatable bonds is 14. The molecule has 2 aromatic rings. The van der Waals surface area contributed by atoms with E-state index in [1.807, 2.05) is 14.0 Å². The molecule has 15 heteroatoms. The van der Waals surface area contributed by atoms with E-state index in [-0.39, 0.29) is 41.8 Å². The number of hydroxylamine groups is 1. The third kappa shape index (κ3) is 8.20. The SMILES string of the molecule is CCONC(=O)N[C@@H](C(=O)N1CCN(C)[C@H](C)C1)[C@@H](C)c1ccc(NC(=O)[C@@H](NC(=O)c2nonc2C2CC2)C(C2CC2)C2CC2)c(F)c1. The van der Waals surface area contributed by atoms with E-state index in [0.717, 1.165) is 38.5 Å². The third-order valence-electron chi connectivity index (χ3n) is 10.4. The van der Waals surface area contributed by atoms with Gasteiger partial charge in [0.25, 0.3) is 5.91 Å². The molecule has 0 bridgehead atoms. The van der Waals surface area contributed by atoms with Gasteiger partial charge in [-0.2, -0.15) is 0 Å². The van der Waals surface area contributed by atoms with Crippen molar-refractivity contribution in [3.63, 3.8) is 0 Å². The van der Waals surface area contributed by atoms with Crippen molar-refractivity contribution in [2.75, 3.05) is 38.6 Å². The fourth-order valence-corrected chi connectivity index (χ4v) is 6.89. The predicted octanol–water partition coefficient (Wildman–Crippen LogP) is 3.14. The minimum absolute atomic E-state index is 0.0508. The van der Waals surface area contributed by atoms with Gasteiger partial charge in [-0.3, -0.25) is 19.2 Å². The van der Waals surface area contributed by atoms with Crippen LogP contribution in [-0.4, -0.2) is 95.3 Å². The molecular formula is C34H47FN8O6. The Balaban J connectivity index is 1.19. The van der Waals surface area contributed by atoms with Crippen LogP contribution in [0.25, 0.3) is 0 Å². The normalized spacial score (nSPS) is 21.5. The third-order valence-corrected chi connectivity index (χ3v) is 10.4. The minimum Gasteiger partial charge on any atom is -0.338 e. The summed E-state index contributed by atoms with van der Waals surface area (Å²) in [5, 5.41) is 16.1. The maximum Gasteiger partial charge on any atom is 0.339 e. The number of aromatic nitrogens is 2. The number of halogens is 1. The Hall–Kier alpha value is -4.11. The first kappa shape index (κ1) is 34.7. The maximum absolute atomic E-state index is 15.8. The second kappa shape index (κ2) is 14.8. The number of carbonyl (C=O) groups excluding carboxylic acids is 4. The quantitative estimate of drug-likeness (QED) is 0.219. The molecule has 2 heterocycles. The number of hydrogen-bond acceptors (Lipinski definition) is 9. The van der Waals surface area contributed by atoms with Crippen LogP contribution in [0.4, 0.5) is 14.9 Å². The van der Waals surface area contributed by atoms with Gasteiger partial charge in [0.1, 0.15) is 23.6 Å². The summed E-state index contributed by atoms with van der Waals surface area (Å²) in [6.45, 7) is 7.39. The average molecular weight is 683 g/mol. The van der Waals surface area contributed by atoms with Gasteiger partial charge in [-0.05, 0) is 100 Å². The number of likely N-dealkylation sites (N-methyl/N-ethyl adjacent to an activating group) is 1. The van der Waals surface area contributed by atoms with Crippen molar-refractivity contribution in [2.24, 2.45) is 17.8 Å². The molecule has 14 nitrogen and oxygen atoms in total. The van der Waals surface area contributed by atoms with Crippen molar-refractivity contribution in [1.82, 2.24) is 36.2 Å². The zero-order chi connectivity index (χ0) is 34.8. The van der Waals surface area contributed by atoms with Crippen LogP contribution in [0.2, 0.25) is 0 Å². The molecule has 3 saturated carbocycles. The molecule has 4 fully saturated rings. The molecule has 6 rings (SSSR count). The topological polar surface area (TPSA) is 171 Å². The zero-order valence-electron chi connectivity index (χ0n) is 28.5. The van der Waals surface area contributed by atoms with Crippen molar-refractivity contribution >= 4 is 29.4 Å². The van der Waals surface area contributed by atoms with Crippen molar-refractivity contribution in [3.05, 3.63) is 41.0 Å². The van der Waals surface area contributed by atoms with E-state index < -0.39 is 41.7 Å². The van der Waals surface area contributed by atoms with Gasteiger partial charge in [0.05, 0.1) is 12.3 Å². The molecule has 3 aliphatic carbocycles. The van der Waals surface area contributed by atoms with Gasteiger partial charge >= 0.3 is 6.03 Å². The molecule has 49 heavy (non-hydrogen) atoms. The Labute approximate surface area is 285 Å². The number of nitrogens with one attached hydrogen (secondary N) is 4. The van der Waals surface area contributed by atoms with Crippen LogP contribution in [0.5, 0.6) is 0 Å². The summed E-state index contributed by atoms with van der Waals surface area (Å²) < 4.78 is 20.7. The van der Waals surface area contributed by atoms with Gasteiger partial charge in [0.2, 0.25) is 11.8 Å². The smallest absolute Gasteiger partial charge is 0.338 e. The van der Waals surface area contributed by atoms with Gasteiger partial charge in [-0.1, -0.05) is 18.1 Å². The van der Waals surface area contributed by atoms with E-state index in [4.69, 9.17) is 9.47 Å². The number of anilines is 1. The molecule has 0 unspecified atom stereocenters. The van der Waals surface area contributed by atoms with E-state index in [1.165, 1.54) is 12.1 Å². The summed E-state index contributed by atoms with van der Waals surface area (Å²) in [6.07, 6.45) is 5.71. The second-order valence-corrected chi connectivity index (χ2v) is 14.1. The van der Waals surface area contributed by atoms with Crippen molar-refractivity contribution in [3.8, 4) is 0 Å². The molecular weight excluding hydrogens is 635 g/mol. The van der Waals surface area contributed by atoms with E-state index >= 15 is 4.39 Å². The number of nitrogens with zero attached hydrogens (tertiary/aromatic N) is 4. The lowest BCUT2D eigenvalue weighted by Crippen LogP contribution is -2.59. The Bertz CT molecular complexity index is 1530. The van der Waals surface area contributed by atoms with Crippen molar-refractivity contribution in [1.29, 1.82) is 0 Å². The molecule has 4 aliphatic rings. The summed E-state index contributed by atoms with van der Waals surface area (Å²) >= 11 is 0. The van der Waals surface area contributed by atoms with Crippen LogP contribution < -0.4 is 21.4 Å². The number of carbonyl (C=O) groups is 4.